The van der Waals surface area contributed by atoms with Crippen molar-refractivity contribution in [1.29, 1.82) is 0 Å². The molecule has 0 atom stereocenters. The van der Waals surface area contributed by atoms with Gasteiger partial charge in [-0.1, -0.05) is 29.8 Å². The van der Waals surface area contributed by atoms with E-state index in [2.05, 4.69) is 15.9 Å². The van der Waals surface area contributed by atoms with Crippen molar-refractivity contribution in [2.24, 2.45) is 5.73 Å². The Morgan fingerprint density at radius 1 is 1.18 bits per heavy atom. The van der Waals surface area contributed by atoms with Gasteiger partial charge in [0.05, 0.1) is 4.47 Å². The molecule has 0 bridgehead atoms. The molecule has 0 heterocycles. The van der Waals surface area contributed by atoms with Crippen molar-refractivity contribution in [3.63, 3.8) is 0 Å². The van der Waals surface area contributed by atoms with E-state index in [1.165, 1.54) is 0 Å². The predicted octanol–water partition coefficient (Wildman–Crippen LogP) is 4.37. The van der Waals surface area contributed by atoms with Crippen LogP contribution in [0, 0.1) is 5.82 Å². The van der Waals surface area contributed by atoms with Crippen molar-refractivity contribution < 1.29 is 4.39 Å². The summed E-state index contributed by atoms with van der Waals surface area (Å²) in [7, 11) is 0. The van der Waals surface area contributed by atoms with E-state index in [-0.39, 0.29) is 5.82 Å². The molecule has 17 heavy (non-hydrogen) atoms. The maximum Gasteiger partial charge on any atom is 0.145 e. The highest BCUT2D eigenvalue weighted by molar-refractivity contribution is 9.10. The first-order valence-corrected chi connectivity index (χ1v) is 6.23. The third kappa shape index (κ3) is 2.51. The maximum atomic E-state index is 14.0. The fourth-order valence-electron chi connectivity index (χ4n) is 1.69. The number of hydrogen-bond acceptors (Lipinski definition) is 1. The first-order chi connectivity index (χ1) is 8.13. The zero-order chi connectivity index (χ0) is 12.4. The fourth-order valence-corrected chi connectivity index (χ4v) is 2.23. The Balaban J connectivity index is 2.67. The Morgan fingerprint density at radius 2 is 1.94 bits per heavy atom. The molecule has 0 aliphatic rings. The molecule has 2 N–H and O–H groups in total. The van der Waals surface area contributed by atoms with E-state index in [4.69, 9.17) is 17.3 Å². The second-order valence-corrected chi connectivity index (χ2v) is 4.90. The molecular weight excluding hydrogens is 305 g/mol. The van der Waals surface area contributed by atoms with Gasteiger partial charge in [0.25, 0.3) is 0 Å². The summed E-state index contributed by atoms with van der Waals surface area (Å²) >= 11 is 9.11. The average molecular weight is 315 g/mol. The molecule has 0 saturated heterocycles. The second kappa shape index (κ2) is 5.17. The summed E-state index contributed by atoms with van der Waals surface area (Å²) in [6.45, 7) is 0.346. The van der Waals surface area contributed by atoms with E-state index in [0.717, 1.165) is 11.1 Å². The second-order valence-electron chi connectivity index (χ2n) is 3.61. The smallest absolute Gasteiger partial charge is 0.145 e. The van der Waals surface area contributed by atoms with Gasteiger partial charge in [-0.3, -0.25) is 0 Å². The Bertz CT molecular complexity index is 557. The highest BCUT2D eigenvalue weighted by Crippen LogP contribution is 2.31. The van der Waals surface area contributed by atoms with Crippen LogP contribution in [0.1, 0.15) is 5.56 Å². The van der Waals surface area contributed by atoms with E-state index >= 15 is 0 Å². The van der Waals surface area contributed by atoms with Crippen molar-refractivity contribution in [2.75, 3.05) is 0 Å². The third-order valence-corrected chi connectivity index (χ3v) is 3.38. The molecule has 0 saturated carbocycles. The third-order valence-electron chi connectivity index (χ3n) is 2.53. The van der Waals surface area contributed by atoms with Gasteiger partial charge in [-0.2, -0.15) is 0 Å². The molecule has 0 unspecified atom stereocenters. The first-order valence-electron chi connectivity index (χ1n) is 5.06. The van der Waals surface area contributed by atoms with Gasteiger partial charge in [-0.15, -0.1) is 0 Å². The molecule has 2 rings (SSSR count). The Morgan fingerprint density at radius 3 is 2.65 bits per heavy atom. The molecule has 0 spiro atoms. The standard InChI is InChI=1S/C13H10BrClFN/c14-12-3-1-2-10(13(12)16)11-6-9(15)5-4-8(11)7-17/h1-6H,7,17H2. The first kappa shape index (κ1) is 12.6. The molecular formula is C13H10BrClFN. The van der Waals surface area contributed by atoms with Crippen LogP contribution in [-0.4, -0.2) is 0 Å². The van der Waals surface area contributed by atoms with Crippen molar-refractivity contribution in [3.8, 4) is 11.1 Å². The number of rotatable bonds is 2. The van der Waals surface area contributed by atoms with Crippen LogP contribution < -0.4 is 5.73 Å². The summed E-state index contributed by atoms with van der Waals surface area (Å²) in [6, 6.07) is 10.5. The molecule has 2 aromatic rings. The fraction of sp³-hybridized carbons (Fsp3) is 0.0769. The van der Waals surface area contributed by atoms with E-state index in [1.54, 1.807) is 30.3 Å². The summed E-state index contributed by atoms with van der Waals surface area (Å²) in [5, 5.41) is 0.566. The lowest BCUT2D eigenvalue weighted by molar-refractivity contribution is 0.624. The van der Waals surface area contributed by atoms with Gasteiger partial charge in [-0.05, 0) is 45.3 Å². The topological polar surface area (TPSA) is 26.0 Å². The van der Waals surface area contributed by atoms with Crippen molar-refractivity contribution in [2.45, 2.75) is 6.54 Å². The summed E-state index contributed by atoms with van der Waals surface area (Å²) in [5.41, 5.74) is 7.75. The monoisotopic (exact) mass is 313 g/mol. The molecule has 4 heteroatoms. The van der Waals surface area contributed by atoms with Gasteiger partial charge < -0.3 is 5.73 Å². The lowest BCUT2D eigenvalue weighted by atomic mass is 9.99. The van der Waals surface area contributed by atoms with Crippen LogP contribution in [0.4, 0.5) is 4.39 Å². The van der Waals surface area contributed by atoms with Gasteiger partial charge in [0.1, 0.15) is 5.82 Å². The quantitative estimate of drug-likeness (QED) is 0.875. The highest BCUT2D eigenvalue weighted by atomic mass is 79.9. The summed E-state index contributed by atoms with van der Waals surface area (Å²) in [6.07, 6.45) is 0. The molecule has 0 radical (unpaired) electrons. The molecule has 0 fully saturated rings. The lowest BCUT2D eigenvalue weighted by Crippen LogP contribution is -2.00. The van der Waals surface area contributed by atoms with Crippen LogP contribution in [0.2, 0.25) is 5.02 Å². The largest absolute Gasteiger partial charge is 0.326 e. The SMILES string of the molecule is NCc1ccc(Cl)cc1-c1cccc(Br)c1F. The number of nitrogens with two attached hydrogens (primary N) is 1. The van der Waals surface area contributed by atoms with Gasteiger partial charge in [0.2, 0.25) is 0 Å². The highest BCUT2D eigenvalue weighted by Gasteiger charge is 2.11. The van der Waals surface area contributed by atoms with Gasteiger partial charge in [0.15, 0.2) is 0 Å². The van der Waals surface area contributed by atoms with Crippen LogP contribution in [-0.2, 0) is 6.54 Å². The van der Waals surface area contributed by atoms with Crippen molar-refractivity contribution in [1.82, 2.24) is 0 Å². The predicted molar refractivity (Wildman–Crippen MR) is 72.4 cm³/mol. The van der Waals surface area contributed by atoms with E-state index in [1.807, 2.05) is 6.07 Å². The minimum Gasteiger partial charge on any atom is -0.326 e. The Kier molecular flexibility index (Phi) is 3.82. The molecule has 0 aromatic heterocycles. The molecule has 0 aliphatic heterocycles. The van der Waals surface area contributed by atoms with E-state index in [0.29, 0.717) is 21.6 Å². The number of benzene rings is 2. The zero-order valence-electron chi connectivity index (χ0n) is 8.88. The van der Waals surface area contributed by atoms with E-state index < -0.39 is 0 Å². The normalized spacial score (nSPS) is 10.6. The minimum atomic E-state index is -0.301. The molecule has 0 aliphatic carbocycles. The van der Waals surface area contributed by atoms with Gasteiger partial charge >= 0.3 is 0 Å². The van der Waals surface area contributed by atoms with Crippen molar-refractivity contribution in [3.05, 3.63) is 57.3 Å². The van der Waals surface area contributed by atoms with Gasteiger partial charge in [0, 0.05) is 17.1 Å². The van der Waals surface area contributed by atoms with Gasteiger partial charge in [-0.25, -0.2) is 4.39 Å². The van der Waals surface area contributed by atoms with Crippen molar-refractivity contribution >= 4 is 27.5 Å². The maximum absolute atomic E-state index is 14.0. The van der Waals surface area contributed by atoms with Crippen LogP contribution in [0.15, 0.2) is 40.9 Å². The minimum absolute atomic E-state index is 0.301. The van der Waals surface area contributed by atoms with Crippen LogP contribution in [0.25, 0.3) is 11.1 Å². The van der Waals surface area contributed by atoms with Crippen LogP contribution in [0.5, 0.6) is 0 Å². The molecule has 2 aromatic carbocycles. The summed E-state index contributed by atoms with van der Waals surface area (Å²) < 4.78 is 14.4. The number of halogens is 3. The zero-order valence-corrected chi connectivity index (χ0v) is 11.2. The van der Waals surface area contributed by atoms with E-state index in [9.17, 15) is 4.39 Å². The summed E-state index contributed by atoms with van der Waals surface area (Å²) in [5.74, 6) is -0.301. The summed E-state index contributed by atoms with van der Waals surface area (Å²) in [4.78, 5) is 0. The molecule has 88 valence electrons. The van der Waals surface area contributed by atoms with Crippen LogP contribution in [0.3, 0.4) is 0 Å². The average Bonchev–Trinajstić information content (AvgIpc) is 2.33. The molecule has 1 nitrogen and oxygen atoms in total. The lowest BCUT2D eigenvalue weighted by Gasteiger charge is -2.10. The Labute approximate surface area is 113 Å². The molecule has 0 amide bonds. The number of hydrogen-bond donors (Lipinski definition) is 1. The van der Waals surface area contributed by atoms with Crippen LogP contribution >= 0.6 is 27.5 Å². The Hall–Kier alpha value is -0.900.